The van der Waals surface area contributed by atoms with Crippen molar-refractivity contribution in [3.63, 3.8) is 0 Å². The van der Waals surface area contributed by atoms with E-state index in [9.17, 15) is 14.4 Å². The van der Waals surface area contributed by atoms with Crippen LogP contribution in [0.5, 0.6) is 0 Å². The first kappa shape index (κ1) is 25.3. The van der Waals surface area contributed by atoms with Crippen molar-refractivity contribution in [2.45, 2.75) is 64.1 Å². The number of rotatable bonds is 9. The fourth-order valence-corrected chi connectivity index (χ4v) is 5.71. The highest BCUT2D eigenvalue weighted by atomic mass is 35.5. The molecule has 0 saturated heterocycles. The zero-order valence-corrected chi connectivity index (χ0v) is 21.8. The molecule has 0 bridgehead atoms. The second kappa shape index (κ2) is 10.9. The van der Waals surface area contributed by atoms with Crippen LogP contribution < -0.4 is 10.2 Å². The van der Waals surface area contributed by atoms with Crippen molar-refractivity contribution in [2.75, 3.05) is 11.4 Å². The van der Waals surface area contributed by atoms with Gasteiger partial charge in [0.2, 0.25) is 11.8 Å². The Hall–Kier alpha value is -3.38. The molecule has 6 nitrogen and oxygen atoms in total. The van der Waals surface area contributed by atoms with Crippen LogP contribution in [-0.4, -0.2) is 41.2 Å². The van der Waals surface area contributed by atoms with Gasteiger partial charge in [0.25, 0.3) is 5.91 Å². The number of hydrogen-bond donors (Lipinski definition) is 1. The first-order valence-corrected chi connectivity index (χ1v) is 13.5. The molecule has 1 saturated carbocycles. The summed E-state index contributed by atoms with van der Waals surface area (Å²) in [6.07, 6.45) is 4.92. The summed E-state index contributed by atoms with van der Waals surface area (Å²) in [5.74, 6) is -0.294. The number of halogens is 1. The second-order valence-corrected chi connectivity index (χ2v) is 10.4. The molecule has 3 aromatic carbocycles. The predicted octanol–water partition coefficient (Wildman–Crippen LogP) is 5.71. The van der Waals surface area contributed by atoms with E-state index >= 15 is 0 Å². The molecule has 1 N–H and O–H groups in total. The van der Waals surface area contributed by atoms with Gasteiger partial charge in [0.1, 0.15) is 6.04 Å². The quantitative estimate of drug-likeness (QED) is 0.395. The fraction of sp³-hybridized carbons (Fsp3) is 0.367. The van der Waals surface area contributed by atoms with E-state index in [-0.39, 0.29) is 36.7 Å². The van der Waals surface area contributed by atoms with Crippen LogP contribution in [-0.2, 0) is 16.1 Å². The summed E-state index contributed by atoms with van der Waals surface area (Å²) >= 11 is 6.40. The third kappa shape index (κ3) is 5.21. The van der Waals surface area contributed by atoms with E-state index in [1.165, 1.54) is 0 Å². The molecular weight excluding hydrogens is 486 g/mol. The molecule has 3 aromatic rings. The highest BCUT2D eigenvalue weighted by Gasteiger charge is 2.31. The van der Waals surface area contributed by atoms with E-state index < -0.39 is 6.04 Å². The average molecular weight is 518 g/mol. The summed E-state index contributed by atoms with van der Waals surface area (Å²) in [6.45, 7) is 2.46. The summed E-state index contributed by atoms with van der Waals surface area (Å²) in [5.41, 5.74) is 2.40. The molecule has 0 unspecified atom stereocenters. The van der Waals surface area contributed by atoms with Gasteiger partial charge in [0.15, 0.2) is 0 Å². The summed E-state index contributed by atoms with van der Waals surface area (Å²) in [5, 5.41) is 5.70. The maximum absolute atomic E-state index is 13.5. The van der Waals surface area contributed by atoms with Gasteiger partial charge in [-0.3, -0.25) is 14.4 Å². The lowest BCUT2D eigenvalue weighted by molar-refractivity contribution is -0.141. The van der Waals surface area contributed by atoms with E-state index in [2.05, 4.69) is 5.32 Å². The summed E-state index contributed by atoms with van der Waals surface area (Å²) in [6, 6.07) is 18.6. The van der Waals surface area contributed by atoms with Crippen LogP contribution in [0, 0.1) is 0 Å². The average Bonchev–Trinajstić information content (AvgIpc) is 3.51. The van der Waals surface area contributed by atoms with E-state index in [0.717, 1.165) is 47.7 Å². The molecule has 7 heteroatoms. The van der Waals surface area contributed by atoms with Gasteiger partial charge >= 0.3 is 0 Å². The molecule has 2 aliphatic rings. The second-order valence-electron chi connectivity index (χ2n) is 10.0. The lowest BCUT2D eigenvalue weighted by atomic mass is 10.1. The van der Waals surface area contributed by atoms with Gasteiger partial charge < -0.3 is 15.1 Å². The standard InChI is InChI=1S/C30H32ClN3O3/c1-20(29(36)32-23-12-3-4-13-23)34(19-22-9-2-5-15-25(22)31)27(35)17-8-18-33-26-16-7-11-21-10-6-14-24(28(21)26)30(33)37/h2,5-7,9-11,14-16,20,23H,3-4,8,12-13,17-19H2,1H3,(H,32,36)/t20-/m1/s1. The van der Waals surface area contributed by atoms with Crippen LogP contribution in [0.2, 0.25) is 5.02 Å². The number of carbonyl (C=O) groups is 3. The Labute approximate surface area is 222 Å². The molecular formula is C30H32ClN3O3. The maximum Gasteiger partial charge on any atom is 0.258 e. The molecule has 1 atom stereocenters. The Balaban J connectivity index is 1.28. The smallest absolute Gasteiger partial charge is 0.258 e. The van der Waals surface area contributed by atoms with Crippen LogP contribution in [0.1, 0.15) is 61.4 Å². The Bertz CT molecular complexity index is 1330. The Morgan fingerprint density at radius 3 is 2.54 bits per heavy atom. The minimum atomic E-state index is -0.629. The SMILES string of the molecule is C[C@H](C(=O)NC1CCCC1)N(Cc1ccccc1Cl)C(=O)CCCN1C(=O)c2cccc3cccc1c23. The van der Waals surface area contributed by atoms with Crippen molar-refractivity contribution in [1.82, 2.24) is 10.2 Å². The lowest BCUT2D eigenvalue weighted by Crippen LogP contribution is -2.49. The fourth-order valence-electron chi connectivity index (χ4n) is 5.52. The Morgan fingerprint density at radius 2 is 1.78 bits per heavy atom. The van der Waals surface area contributed by atoms with Gasteiger partial charge in [-0.2, -0.15) is 0 Å². The first-order valence-electron chi connectivity index (χ1n) is 13.1. The van der Waals surface area contributed by atoms with Crippen molar-refractivity contribution in [3.05, 3.63) is 76.8 Å². The largest absolute Gasteiger partial charge is 0.352 e. The molecule has 1 aliphatic heterocycles. The van der Waals surface area contributed by atoms with Crippen LogP contribution in [0.4, 0.5) is 5.69 Å². The molecule has 1 fully saturated rings. The number of anilines is 1. The number of nitrogens with one attached hydrogen (secondary N) is 1. The van der Waals surface area contributed by atoms with Gasteiger partial charge in [-0.15, -0.1) is 0 Å². The maximum atomic E-state index is 13.5. The number of benzene rings is 3. The Morgan fingerprint density at radius 1 is 1.05 bits per heavy atom. The van der Waals surface area contributed by atoms with Crippen molar-refractivity contribution in [2.24, 2.45) is 0 Å². The number of amides is 3. The molecule has 0 spiro atoms. The van der Waals surface area contributed by atoms with Gasteiger partial charge in [-0.25, -0.2) is 0 Å². The molecule has 1 aliphatic carbocycles. The van der Waals surface area contributed by atoms with Gasteiger partial charge in [-0.05, 0) is 55.3 Å². The third-order valence-electron chi connectivity index (χ3n) is 7.59. The zero-order chi connectivity index (χ0) is 25.9. The van der Waals surface area contributed by atoms with Gasteiger partial charge in [0.05, 0.1) is 5.69 Å². The number of nitrogens with zero attached hydrogens (tertiary/aromatic N) is 2. The number of hydrogen-bond acceptors (Lipinski definition) is 3. The lowest BCUT2D eigenvalue weighted by Gasteiger charge is -2.30. The summed E-state index contributed by atoms with van der Waals surface area (Å²) < 4.78 is 0. The third-order valence-corrected chi connectivity index (χ3v) is 7.96. The van der Waals surface area contributed by atoms with Crippen molar-refractivity contribution in [3.8, 4) is 0 Å². The molecule has 0 radical (unpaired) electrons. The normalized spacial score (nSPS) is 15.8. The first-order chi connectivity index (χ1) is 17.9. The minimum absolute atomic E-state index is 0.0310. The molecule has 192 valence electrons. The van der Waals surface area contributed by atoms with E-state index in [4.69, 9.17) is 11.6 Å². The van der Waals surface area contributed by atoms with Crippen LogP contribution in [0.15, 0.2) is 60.7 Å². The van der Waals surface area contributed by atoms with Gasteiger partial charge in [-0.1, -0.05) is 66.9 Å². The molecule has 5 rings (SSSR count). The summed E-state index contributed by atoms with van der Waals surface area (Å²) in [4.78, 5) is 43.1. The molecule has 0 aromatic heterocycles. The molecule has 3 amide bonds. The zero-order valence-electron chi connectivity index (χ0n) is 21.1. The van der Waals surface area contributed by atoms with Crippen molar-refractivity contribution >= 4 is 45.8 Å². The topological polar surface area (TPSA) is 69.7 Å². The monoisotopic (exact) mass is 517 g/mol. The molecule has 37 heavy (non-hydrogen) atoms. The number of carbonyl (C=O) groups excluding carboxylic acids is 3. The van der Waals surface area contributed by atoms with E-state index in [0.29, 0.717) is 23.6 Å². The summed E-state index contributed by atoms with van der Waals surface area (Å²) in [7, 11) is 0. The van der Waals surface area contributed by atoms with Crippen LogP contribution in [0.25, 0.3) is 10.8 Å². The van der Waals surface area contributed by atoms with Crippen LogP contribution in [0.3, 0.4) is 0 Å². The van der Waals surface area contributed by atoms with E-state index in [1.54, 1.807) is 22.8 Å². The van der Waals surface area contributed by atoms with Crippen LogP contribution >= 0.6 is 11.6 Å². The van der Waals surface area contributed by atoms with Crippen molar-refractivity contribution < 1.29 is 14.4 Å². The Kier molecular flexibility index (Phi) is 7.47. The van der Waals surface area contributed by atoms with E-state index in [1.807, 2.05) is 54.6 Å². The highest BCUT2D eigenvalue weighted by Crippen LogP contribution is 2.37. The molecule has 1 heterocycles. The van der Waals surface area contributed by atoms with Crippen molar-refractivity contribution in [1.29, 1.82) is 0 Å². The minimum Gasteiger partial charge on any atom is -0.352 e. The highest BCUT2D eigenvalue weighted by molar-refractivity contribution is 6.31. The van der Waals surface area contributed by atoms with Gasteiger partial charge in [0, 0.05) is 41.5 Å². The predicted molar refractivity (Wildman–Crippen MR) is 147 cm³/mol.